The summed E-state index contributed by atoms with van der Waals surface area (Å²) >= 11 is 0. The minimum atomic E-state index is -0.459. The van der Waals surface area contributed by atoms with Crippen molar-refractivity contribution in [3.63, 3.8) is 0 Å². The lowest BCUT2D eigenvalue weighted by Crippen LogP contribution is -2.55. The van der Waals surface area contributed by atoms with Crippen LogP contribution in [0.2, 0.25) is 0 Å². The van der Waals surface area contributed by atoms with Gasteiger partial charge in [0.05, 0.1) is 18.6 Å². The second-order valence-electron chi connectivity index (χ2n) is 12.2. The Kier molecular flexibility index (Phi) is 6.65. The summed E-state index contributed by atoms with van der Waals surface area (Å²) in [5, 5.41) is 10.3. The molecule has 3 heteroatoms. The Morgan fingerprint density at radius 1 is 1.13 bits per heavy atom. The topological polar surface area (TPSA) is 46.5 Å². The van der Waals surface area contributed by atoms with E-state index in [4.69, 9.17) is 4.74 Å². The van der Waals surface area contributed by atoms with Gasteiger partial charge in [-0.1, -0.05) is 58.6 Å². The lowest BCUT2D eigenvalue weighted by molar-refractivity contribution is -0.163. The van der Waals surface area contributed by atoms with Crippen LogP contribution in [-0.2, 0) is 9.53 Å². The maximum Gasteiger partial charge on any atom is 0.316 e. The van der Waals surface area contributed by atoms with Crippen molar-refractivity contribution in [2.45, 2.75) is 104 Å². The van der Waals surface area contributed by atoms with Crippen LogP contribution in [0.5, 0.6) is 0 Å². The minimum absolute atomic E-state index is 0.0273. The Balaban J connectivity index is 1.56. The van der Waals surface area contributed by atoms with Gasteiger partial charge in [0, 0.05) is 0 Å². The molecule has 0 saturated heterocycles. The molecule has 0 heterocycles. The van der Waals surface area contributed by atoms with Gasteiger partial charge in [0.25, 0.3) is 0 Å². The van der Waals surface area contributed by atoms with Crippen LogP contribution in [0.15, 0.2) is 11.6 Å². The van der Waals surface area contributed by atoms with Crippen molar-refractivity contribution in [3.05, 3.63) is 11.6 Å². The van der Waals surface area contributed by atoms with Crippen molar-refractivity contribution in [1.29, 1.82) is 0 Å². The number of ether oxygens (including phenoxy) is 1. The molecule has 0 amide bonds. The molecule has 0 radical (unpaired) electrons. The van der Waals surface area contributed by atoms with Gasteiger partial charge < -0.3 is 9.84 Å². The number of hydrogen-bond donors (Lipinski definition) is 1. The van der Waals surface area contributed by atoms with Gasteiger partial charge in [-0.3, -0.25) is 4.79 Å². The molecule has 8 atom stereocenters. The first-order valence-corrected chi connectivity index (χ1v) is 13.2. The van der Waals surface area contributed by atoms with E-state index in [1.54, 1.807) is 7.11 Å². The average Bonchev–Trinajstić information content (AvgIpc) is 3.09. The number of hydrogen-bond acceptors (Lipinski definition) is 3. The number of aliphatic hydroxyl groups is 1. The summed E-state index contributed by atoms with van der Waals surface area (Å²) in [5.74, 6) is 4.15. The molecule has 0 aromatic rings. The summed E-state index contributed by atoms with van der Waals surface area (Å²) in [6.45, 7) is 9.79. The Morgan fingerprint density at radius 2 is 1.90 bits per heavy atom. The molecule has 0 spiro atoms. The standard InChI is InChI=1S/C28H46O3/c1-18(2)7-6-8-19(3)23-11-12-24-22-10-9-20-17-21(29)13-16-28(20,26(30)31-5)25(22)14-15-27(23,24)4/h9,18-19,21-25,29H,6-8,10-17H2,1-5H3/t19-,21+,22+,23-,24+,25+,27-,28-/m1/s1. The third-order valence-corrected chi connectivity index (χ3v) is 10.4. The van der Waals surface area contributed by atoms with E-state index >= 15 is 0 Å². The van der Waals surface area contributed by atoms with Gasteiger partial charge in [0.1, 0.15) is 0 Å². The van der Waals surface area contributed by atoms with Crippen molar-refractivity contribution in [2.24, 2.45) is 46.3 Å². The maximum atomic E-state index is 13.3. The normalized spacial score (nSPS) is 42.9. The number of esters is 1. The Labute approximate surface area is 190 Å². The molecule has 31 heavy (non-hydrogen) atoms. The second kappa shape index (κ2) is 8.84. The molecule has 4 rings (SSSR count). The van der Waals surface area contributed by atoms with E-state index in [9.17, 15) is 9.90 Å². The van der Waals surface area contributed by atoms with Gasteiger partial charge in [0.2, 0.25) is 0 Å². The second-order valence-corrected chi connectivity index (χ2v) is 12.2. The number of allylic oxidation sites excluding steroid dienone is 1. The highest BCUT2D eigenvalue weighted by molar-refractivity contribution is 5.82. The van der Waals surface area contributed by atoms with Gasteiger partial charge in [0.15, 0.2) is 0 Å². The molecular formula is C28H46O3. The summed E-state index contributed by atoms with van der Waals surface area (Å²) in [7, 11) is 1.56. The third kappa shape index (κ3) is 3.81. The quantitative estimate of drug-likeness (QED) is 0.384. The number of fused-ring (bicyclic) bond motifs is 5. The van der Waals surface area contributed by atoms with Crippen molar-refractivity contribution in [1.82, 2.24) is 0 Å². The molecule has 176 valence electrons. The lowest BCUT2D eigenvalue weighted by Gasteiger charge is -2.58. The molecule has 3 nitrogen and oxygen atoms in total. The van der Waals surface area contributed by atoms with Crippen molar-refractivity contribution in [2.75, 3.05) is 7.11 Å². The molecule has 3 saturated carbocycles. The molecular weight excluding hydrogens is 384 g/mol. The average molecular weight is 431 g/mol. The summed E-state index contributed by atoms with van der Waals surface area (Å²) in [5.41, 5.74) is 1.16. The van der Waals surface area contributed by atoms with Gasteiger partial charge in [-0.15, -0.1) is 0 Å². The number of methoxy groups -OCH3 is 1. The smallest absolute Gasteiger partial charge is 0.316 e. The molecule has 0 bridgehead atoms. The van der Waals surface area contributed by atoms with Crippen LogP contribution in [0.4, 0.5) is 0 Å². The number of rotatable bonds is 6. The minimum Gasteiger partial charge on any atom is -0.468 e. The summed E-state index contributed by atoms with van der Waals surface area (Å²) in [6, 6.07) is 0. The van der Waals surface area contributed by atoms with Crippen molar-refractivity contribution < 1.29 is 14.6 Å². The van der Waals surface area contributed by atoms with Crippen LogP contribution >= 0.6 is 0 Å². The van der Waals surface area contributed by atoms with Gasteiger partial charge in [-0.05, 0) is 92.3 Å². The zero-order chi connectivity index (χ0) is 22.4. The van der Waals surface area contributed by atoms with Crippen molar-refractivity contribution in [3.8, 4) is 0 Å². The summed E-state index contributed by atoms with van der Waals surface area (Å²) < 4.78 is 5.43. The predicted molar refractivity (Wildman–Crippen MR) is 125 cm³/mol. The first kappa shape index (κ1) is 23.3. The van der Waals surface area contributed by atoms with Gasteiger partial charge in [-0.2, -0.15) is 0 Å². The van der Waals surface area contributed by atoms with Gasteiger partial charge in [-0.25, -0.2) is 0 Å². The van der Waals surface area contributed by atoms with E-state index in [1.165, 1.54) is 44.1 Å². The predicted octanol–water partition coefficient (Wildman–Crippen LogP) is 6.54. The highest BCUT2D eigenvalue weighted by atomic mass is 16.5. The monoisotopic (exact) mass is 430 g/mol. The molecule has 0 unspecified atom stereocenters. The molecule has 4 aliphatic rings. The van der Waals surface area contributed by atoms with E-state index in [-0.39, 0.29) is 12.1 Å². The highest BCUT2D eigenvalue weighted by Crippen LogP contribution is 2.67. The molecule has 0 aromatic heterocycles. The van der Waals surface area contributed by atoms with Crippen LogP contribution in [0, 0.1) is 46.3 Å². The Morgan fingerprint density at radius 3 is 2.61 bits per heavy atom. The fourth-order valence-corrected chi connectivity index (χ4v) is 8.88. The zero-order valence-electron chi connectivity index (χ0n) is 20.7. The summed E-state index contributed by atoms with van der Waals surface area (Å²) in [6.07, 6.45) is 14.5. The Hall–Kier alpha value is -0.830. The fraction of sp³-hybridized carbons (Fsp3) is 0.893. The van der Waals surface area contributed by atoms with E-state index in [0.717, 1.165) is 49.4 Å². The van der Waals surface area contributed by atoms with Gasteiger partial charge >= 0.3 is 5.97 Å². The molecule has 0 aromatic carbocycles. The first-order valence-electron chi connectivity index (χ1n) is 13.2. The molecule has 4 aliphatic carbocycles. The zero-order valence-corrected chi connectivity index (χ0v) is 20.7. The fourth-order valence-electron chi connectivity index (χ4n) is 8.88. The van der Waals surface area contributed by atoms with Crippen LogP contribution in [0.1, 0.15) is 98.3 Å². The van der Waals surface area contributed by atoms with Crippen molar-refractivity contribution >= 4 is 5.97 Å². The Bertz CT molecular complexity index is 696. The van der Waals surface area contributed by atoms with Crippen LogP contribution in [-0.4, -0.2) is 24.3 Å². The molecule has 1 N–H and O–H groups in total. The van der Waals surface area contributed by atoms with Crippen LogP contribution in [0.25, 0.3) is 0 Å². The van der Waals surface area contributed by atoms with E-state index in [1.807, 2.05) is 0 Å². The van der Waals surface area contributed by atoms with Crippen LogP contribution in [0.3, 0.4) is 0 Å². The molecule has 3 fully saturated rings. The summed E-state index contributed by atoms with van der Waals surface area (Å²) in [4.78, 5) is 13.3. The highest BCUT2D eigenvalue weighted by Gasteiger charge is 2.62. The SMILES string of the molecule is COC(=O)[C@]12CC[C@H](O)CC1=CC[C@@H]1[C@@H]2CC[C@]2(C)[C@@H]([C@H](C)CCCC(C)C)CC[C@@H]12. The van der Waals surface area contributed by atoms with Crippen LogP contribution < -0.4 is 0 Å². The number of carbonyl (C=O) groups is 1. The number of aliphatic hydroxyl groups excluding tert-OH is 1. The largest absolute Gasteiger partial charge is 0.468 e. The maximum absolute atomic E-state index is 13.3. The third-order valence-electron chi connectivity index (χ3n) is 10.4. The molecule has 0 aliphatic heterocycles. The number of carbonyl (C=O) groups excluding carboxylic acids is 1. The lowest BCUT2D eigenvalue weighted by atomic mass is 9.46. The van der Waals surface area contributed by atoms with E-state index in [0.29, 0.717) is 23.7 Å². The van der Waals surface area contributed by atoms with E-state index < -0.39 is 5.41 Å². The van der Waals surface area contributed by atoms with E-state index in [2.05, 4.69) is 33.8 Å². The first-order chi connectivity index (χ1) is 14.7.